The largest absolute Gasteiger partial charge is 0.366 e. The molecule has 0 saturated carbocycles. The first-order valence-electron chi connectivity index (χ1n) is 5.29. The molecule has 0 spiro atoms. The molecule has 86 valence electrons. The number of nitrogens with two attached hydrogens (primary N) is 1. The maximum absolute atomic E-state index is 11.2. The molecule has 0 unspecified atom stereocenters. The van der Waals surface area contributed by atoms with Crippen LogP contribution >= 0.6 is 0 Å². The molecule has 1 rings (SSSR count). The lowest BCUT2D eigenvalue weighted by Gasteiger charge is -2.05. The number of carbonyl (C=O) groups is 2. The lowest BCUT2D eigenvalue weighted by molar-refractivity contribution is -0.121. The minimum atomic E-state index is -0.457. The first kappa shape index (κ1) is 12.2. The number of hydrogen-bond acceptors (Lipinski definition) is 2. The zero-order valence-corrected chi connectivity index (χ0v) is 9.32. The number of hydrogen-bond donors (Lipinski definition) is 2. The van der Waals surface area contributed by atoms with E-state index in [1.165, 1.54) is 0 Å². The molecular formula is C12H16N2O2. The Labute approximate surface area is 94.8 Å². The molecule has 0 heterocycles. The van der Waals surface area contributed by atoms with Gasteiger partial charge >= 0.3 is 0 Å². The van der Waals surface area contributed by atoms with Crippen LogP contribution in [-0.2, 0) is 11.3 Å². The second-order valence-corrected chi connectivity index (χ2v) is 3.59. The number of carbonyl (C=O) groups excluding carboxylic acids is 2. The van der Waals surface area contributed by atoms with E-state index in [-0.39, 0.29) is 5.91 Å². The summed E-state index contributed by atoms with van der Waals surface area (Å²) in [5.41, 5.74) is 6.50. The third-order valence-corrected chi connectivity index (χ3v) is 2.18. The van der Waals surface area contributed by atoms with Gasteiger partial charge < -0.3 is 11.1 Å². The molecule has 4 nitrogen and oxygen atoms in total. The van der Waals surface area contributed by atoms with Gasteiger partial charge in [0, 0.05) is 18.5 Å². The van der Waals surface area contributed by atoms with E-state index in [2.05, 4.69) is 5.32 Å². The Balaban J connectivity index is 2.57. The Morgan fingerprint density at radius 1 is 1.38 bits per heavy atom. The van der Waals surface area contributed by atoms with Gasteiger partial charge in [0.15, 0.2) is 0 Å². The van der Waals surface area contributed by atoms with Gasteiger partial charge in [0.1, 0.15) is 0 Å². The molecule has 0 radical (unpaired) electrons. The highest BCUT2D eigenvalue weighted by atomic mass is 16.1. The average Bonchev–Trinajstić information content (AvgIpc) is 2.27. The zero-order valence-electron chi connectivity index (χ0n) is 9.32. The van der Waals surface area contributed by atoms with Crippen molar-refractivity contribution in [3.8, 4) is 0 Å². The van der Waals surface area contributed by atoms with Crippen LogP contribution in [0.1, 0.15) is 35.7 Å². The van der Waals surface area contributed by atoms with Crippen molar-refractivity contribution in [3.05, 3.63) is 35.4 Å². The van der Waals surface area contributed by atoms with Crippen molar-refractivity contribution in [2.75, 3.05) is 0 Å². The first-order chi connectivity index (χ1) is 7.63. The molecule has 0 aliphatic rings. The Kier molecular flexibility index (Phi) is 4.51. The van der Waals surface area contributed by atoms with Crippen molar-refractivity contribution in [1.29, 1.82) is 0 Å². The van der Waals surface area contributed by atoms with Gasteiger partial charge in [-0.05, 0) is 24.1 Å². The summed E-state index contributed by atoms with van der Waals surface area (Å²) < 4.78 is 0. The third kappa shape index (κ3) is 3.73. The highest BCUT2D eigenvalue weighted by molar-refractivity contribution is 5.92. The summed E-state index contributed by atoms with van der Waals surface area (Å²) in [5, 5.41) is 2.77. The molecule has 4 heteroatoms. The minimum Gasteiger partial charge on any atom is -0.366 e. The molecule has 0 fully saturated rings. The molecule has 0 atom stereocenters. The maximum Gasteiger partial charge on any atom is 0.248 e. The predicted molar refractivity (Wildman–Crippen MR) is 61.7 cm³/mol. The van der Waals surface area contributed by atoms with Gasteiger partial charge in [0.05, 0.1) is 0 Å². The monoisotopic (exact) mass is 220 g/mol. The lowest BCUT2D eigenvalue weighted by atomic mass is 10.1. The van der Waals surface area contributed by atoms with Crippen LogP contribution in [0.5, 0.6) is 0 Å². The van der Waals surface area contributed by atoms with E-state index in [9.17, 15) is 9.59 Å². The molecule has 0 aromatic heterocycles. The second kappa shape index (κ2) is 5.90. The quantitative estimate of drug-likeness (QED) is 0.782. The summed E-state index contributed by atoms with van der Waals surface area (Å²) in [5.74, 6) is -0.436. The fourth-order valence-corrected chi connectivity index (χ4v) is 1.35. The first-order valence-corrected chi connectivity index (χ1v) is 5.29. The van der Waals surface area contributed by atoms with E-state index >= 15 is 0 Å². The van der Waals surface area contributed by atoms with Crippen molar-refractivity contribution < 1.29 is 9.59 Å². The fourth-order valence-electron chi connectivity index (χ4n) is 1.35. The van der Waals surface area contributed by atoms with Gasteiger partial charge in [-0.25, -0.2) is 0 Å². The SMILES string of the molecule is CCCC(=O)NCc1cccc(C(N)=O)c1. The normalized spacial score (nSPS) is 9.81. The molecule has 16 heavy (non-hydrogen) atoms. The summed E-state index contributed by atoms with van der Waals surface area (Å²) in [6.45, 7) is 2.38. The fraction of sp³-hybridized carbons (Fsp3) is 0.333. The van der Waals surface area contributed by atoms with Crippen LogP contribution in [0.25, 0.3) is 0 Å². The van der Waals surface area contributed by atoms with Crippen molar-refractivity contribution >= 4 is 11.8 Å². The number of nitrogens with one attached hydrogen (secondary N) is 1. The van der Waals surface area contributed by atoms with Crippen molar-refractivity contribution in [3.63, 3.8) is 0 Å². The Bertz CT molecular complexity index is 388. The van der Waals surface area contributed by atoms with Gasteiger partial charge in [0.2, 0.25) is 11.8 Å². The van der Waals surface area contributed by atoms with Crippen molar-refractivity contribution in [1.82, 2.24) is 5.32 Å². The van der Waals surface area contributed by atoms with E-state index in [4.69, 9.17) is 5.73 Å². The van der Waals surface area contributed by atoms with Gasteiger partial charge in [-0.3, -0.25) is 9.59 Å². The van der Waals surface area contributed by atoms with Crippen LogP contribution in [0.15, 0.2) is 24.3 Å². The van der Waals surface area contributed by atoms with Crippen molar-refractivity contribution in [2.45, 2.75) is 26.3 Å². The van der Waals surface area contributed by atoms with Crippen LogP contribution in [0.4, 0.5) is 0 Å². The van der Waals surface area contributed by atoms with E-state index in [1.54, 1.807) is 18.2 Å². The second-order valence-electron chi connectivity index (χ2n) is 3.59. The number of rotatable bonds is 5. The summed E-state index contributed by atoms with van der Waals surface area (Å²) in [4.78, 5) is 22.2. The lowest BCUT2D eigenvalue weighted by Crippen LogP contribution is -2.22. The molecule has 0 aliphatic heterocycles. The summed E-state index contributed by atoms with van der Waals surface area (Å²) in [6.07, 6.45) is 1.35. The topological polar surface area (TPSA) is 72.2 Å². The molecule has 1 aromatic carbocycles. The Hall–Kier alpha value is -1.84. The molecule has 3 N–H and O–H groups in total. The van der Waals surface area contributed by atoms with Gasteiger partial charge in [-0.2, -0.15) is 0 Å². The molecule has 0 aliphatic carbocycles. The summed E-state index contributed by atoms with van der Waals surface area (Å²) in [6, 6.07) is 6.94. The average molecular weight is 220 g/mol. The van der Waals surface area contributed by atoms with Crippen LogP contribution in [0.3, 0.4) is 0 Å². The van der Waals surface area contributed by atoms with E-state index < -0.39 is 5.91 Å². The highest BCUT2D eigenvalue weighted by Crippen LogP contribution is 2.04. The number of primary amides is 1. The number of amides is 2. The van der Waals surface area contributed by atoms with E-state index in [0.717, 1.165) is 12.0 Å². The molecule has 2 amide bonds. The van der Waals surface area contributed by atoms with E-state index in [0.29, 0.717) is 18.5 Å². The Morgan fingerprint density at radius 2 is 2.12 bits per heavy atom. The standard InChI is InChI=1S/C12H16N2O2/c1-2-4-11(15)14-8-9-5-3-6-10(7-9)12(13)16/h3,5-7H,2,4,8H2,1H3,(H2,13,16)(H,14,15). The Morgan fingerprint density at radius 3 is 2.75 bits per heavy atom. The zero-order chi connectivity index (χ0) is 12.0. The van der Waals surface area contributed by atoms with Gasteiger partial charge in [-0.15, -0.1) is 0 Å². The number of benzene rings is 1. The molecule has 0 saturated heterocycles. The maximum atomic E-state index is 11.2. The molecule has 0 bridgehead atoms. The minimum absolute atomic E-state index is 0.0204. The van der Waals surface area contributed by atoms with Gasteiger partial charge in [0.25, 0.3) is 0 Å². The summed E-state index contributed by atoms with van der Waals surface area (Å²) >= 11 is 0. The van der Waals surface area contributed by atoms with Crippen LogP contribution in [0, 0.1) is 0 Å². The third-order valence-electron chi connectivity index (χ3n) is 2.18. The van der Waals surface area contributed by atoms with Gasteiger partial charge in [-0.1, -0.05) is 19.1 Å². The highest BCUT2D eigenvalue weighted by Gasteiger charge is 2.02. The van der Waals surface area contributed by atoms with E-state index in [1.807, 2.05) is 13.0 Å². The van der Waals surface area contributed by atoms with Crippen LogP contribution < -0.4 is 11.1 Å². The molecular weight excluding hydrogens is 204 g/mol. The predicted octanol–water partition coefficient (Wildman–Crippen LogP) is 1.20. The smallest absolute Gasteiger partial charge is 0.248 e. The summed E-state index contributed by atoms with van der Waals surface area (Å²) in [7, 11) is 0. The van der Waals surface area contributed by atoms with Crippen LogP contribution in [0.2, 0.25) is 0 Å². The van der Waals surface area contributed by atoms with Crippen molar-refractivity contribution in [2.24, 2.45) is 5.73 Å². The van der Waals surface area contributed by atoms with Crippen LogP contribution in [-0.4, -0.2) is 11.8 Å². The molecule has 1 aromatic rings.